The summed E-state index contributed by atoms with van der Waals surface area (Å²) in [5.74, 6) is 0. The van der Waals surface area contributed by atoms with Crippen LogP contribution in [-0.4, -0.2) is 22.1 Å². The van der Waals surface area contributed by atoms with Crippen LogP contribution in [0.5, 0.6) is 0 Å². The van der Waals surface area contributed by atoms with Gasteiger partial charge in [0.15, 0.2) is 0 Å². The molecule has 0 saturated heterocycles. The quantitative estimate of drug-likeness (QED) is 0.874. The number of nitrogens with one attached hydrogen (secondary N) is 1. The van der Waals surface area contributed by atoms with E-state index >= 15 is 0 Å². The van der Waals surface area contributed by atoms with Crippen molar-refractivity contribution in [2.24, 2.45) is 0 Å². The van der Waals surface area contributed by atoms with Gasteiger partial charge in [-0.05, 0) is 36.1 Å². The fourth-order valence-corrected chi connectivity index (χ4v) is 4.18. The van der Waals surface area contributed by atoms with Crippen molar-refractivity contribution < 1.29 is 13.2 Å². The van der Waals surface area contributed by atoms with Crippen molar-refractivity contribution in [2.45, 2.75) is 16.7 Å². The van der Waals surface area contributed by atoms with Gasteiger partial charge < -0.3 is 4.74 Å². The number of ether oxygens (including phenoxy) is 1. The van der Waals surface area contributed by atoms with Crippen molar-refractivity contribution in [3.8, 4) is 0 Å². The van der Waals surface area contributed by atoms with Crippen LogP contribution in [0.1, 0.15) is 12.5 Å². The van der Waals surface area contributed by atoms with Crippen LogP contribution in [0, 0.1) is 0 Å². The zero-order valence-electron chi connectivity index (χ0n) is 11.7. The van der Waals surface area contributed by atoms with Gasteiger partial charge in [-0.1, -0.05) is 29.8 Å². The molecule has 1 heterocycles. The van der Waals surface area contributed by atoms with E-state index in [1.165, 1.54) is 11.3 Å². The number of halogens is 1. The van der Waals surface area contributed by atoms with Gasteiger partial charge in [-0.15, -0.1) is 11.3 Å². The highest BCUT2D eigenvalue weighted by Gasteiger charge is 2.29. The van der Waals surface area contributed by atoms with Gasteiger partial charge in [0.2, 0.25) is 10.0 Å². The van der Waals surface area contributed by atoms with Crippen LogP contribution >= 0.6 is 22.9 Å². The topological polar surface area (TPSA) is 55.4 Å². The predicted octanol–water partition coefficient (Wildman–Crippen LogP) is 3.24. The lowest BCUT2D eigenvalue weighted by Crippen LogP contribution is -2.39. The summed E-state index contributed by atoms with van der Waals surface area (Å²) in [4.78, 5) is 0. The van der Waals surface area contributed by atoms with Crippen LogP contribution in [0.15, 0.2) is 46.0 Å². The van der Waals surface area contributed by atoms with Crippen molar-refractivity contribution >= 4 is 33.0 Å². The molecule has 0 fully saturated rings. The van der Waals surface area contributed by atoms with Gasteiger partial charge in [0.25, 0.3) is 0 Å². The molecule has 0 aliphatic rings. The van der Waals surface area contributed by atoms with Gasteiger partial charge in [0, 0.05) is 18.7 Å². The zero-order valence-corrected chi connectivity index (χ0v) is 14.1. The van der Waals surface area contributed by atoms with Crippen LogP contribution in [0.3, 0.4) is 0 Å². The van der Waals surface area contributed by atoms with E-state index in [9.17, 15) is 8.42 Å². The zero-order chi connectivity index (χ0) is 15.5. The number of thiophene rings is 1. The minimum absolute atomic E-state index is 0.115. The molecule has 0 aliphatic carbocycles. The van der Waals surface area contributed by atoms with Crippen LogP contribution < -0.4 is 4.72 Å². The average molecular weight is 346 g/mol. The van der Waals surface area contributed by atoms with E-state index in [-0.39, 0.29) is 10.8 Å². The highest BCUT2D eigenvalue weighted by molar-refractivity contribution is 7.91. The predicted molar refractivity (Wildman–Crippen MR) is 85.3 cm³/mol. The number of methoxy groups -OCH3 is 1. The molecule has 0 radical (unpaired) electrons. The summed E-state index contributed by atoms with van der Waals surface area (Å²) in [6.45, 7) is 1.93. The standard InChI is InChI=1S/C14H16ClNO3S2/c1-14(19-2,11-5-3-6-12(15)9-11)10-16-21(17,18)13-7-4-8-20-13/h3-9,16H,10H2,1-2H3. The monoisotopic (exact) mass is 345 g/mol. The second-order valence-corrected chi connectivity index (χ2v) is 8.08. The summed E-state index contributed by atoms with van der Waals surface area (Å²) >= 11 is 7.16. The summed E-state index contributed by atoms with van der Waals surface area (Å²) in [6.07, 6.45) is 0. The summed E-state index contributed by atoms with van der Waals surface area (Å²) in [5.41, 5.74) is 0.0151. The minimum atomic E-state index is -3.52. The minimum Gasteiger partial charge on any atom is -0.372 e. The maximum atomic E-state index is 12.2. The van der Waals surface area contributed by atoms with Crippen molar-refractivity contribution in [2.75, 3.05) is 13.7 Å². The first-order valence-corrected chi connectivity index (χ1v) is 8.96. The third-order valence-corrected chi connectivity index (χ3v) is 6.28. The fraction of sp³-hybridized carbons (Fsp3) is 0.286. The maximum absolute atomic E-state index is 12.2. The highest BCUT2D eigenvalue weighted by Crippen LogP contribution is 2.27. The normalized spacial score (nSPS) is 14.8. The lowest BCUT2D eigenvalue weighted by molar-refractivity contribution is 0.00700. The molecule has 21 heavy (non-hydrogen) atoms. The van der Waals surface area contributed by atoms with Crippen molar-refractivity contribution in [1.29, 1.82) is 0 Å². The Labute approximate surface area is 133 Å². The van der Waals surface area contributed by atoms with Crippen LogP contribution in [0.25, 0.3) is 0 Å². The smallest absolute Gasteiger partial charge is 0.250 e. The van der Waals surface area contributed by atoms with E-state index in [1.807, 2.05) is 19.1 Å². The molecule has 1 unspecified atom stereocenters. The molecule has 7 heteroatoms. The van der Waals surface area contributed by atoms with Crippen LogP contribution in [0.4, 0.5) is 0 Å². The Hall–Kier alpha value is -0.920. The maximum Gasteiger partial charge on any atom is 0.250 e. The lowest BCUT2D eigenvalue weighted by atomic mass is 9.96. The SMILES string of the molecule is COC(C)(CNS(=O)(=O)c1cccs1)c1cccc(Cl)c1. The third-order valence-electron chi connectivity index (χ3n) is 3.25. The molecule has 0 bridgehead atoms. The first kappa shape index (κ1) is 16.5. The van der Waals surface area contributed by atoms with Crippen LogP contribution in [0.2, 0.25) is 5.02 Å². The van der Waals surface area contributed by atoms with E-state index in [4.69, 9.17) is 16.3 Å². The van der Waals surface area contributed by atoms with Gasteiger partial charge >= 0.3 is 0 Å². The molecule has 1 N–H and O–H groups in total. The molecule has 1 aromatic heterocycles. The van der Waals surface area contributed by atoms with Gasteiger partial charge in [0.1, 0.15) is 9.81 Å². The fourth-order valence-electron chi connectivity index (χ4n) is 1.83. The Balaban J connectivity index is 2.20. The number of benzene rings is 1. The Morgan fingerprint density at radius 1 is 1.33 bits per heavy atom. The summed E-state index contributed by atoms with van der Waals surface area (Å²) in [7, 11) is -1.98. The van der Waals surface area contributed by atoms with Gasteiger partial charge in [-0.2, -0.15) is 0 Å². The first-order valence-electron chi connectivity index (χ1n) is 6.22. The van der Waals surface area contributed by atoms with Crippen molar-refractivity contribution in [1.82, 2.24) is 4.72 Å². The van der Waals surface area contributed by atoms with Crippen molar-refractivity contribution in [3.63, 3.8) is 0 Å². The Morgan fingerprint density at radius 3 is 2.67 bits per heavy atom. The second kappa shape index (κ2) is 6.46. The molecule has 1 aromatic carbocycles. The molecule has 114 valence electrons. The first-order chi connectivity index (χ1) is 9.87. The van der Waals surface area contributed by atoms with Crippen molar-refractivity contribution in [3.05, 3.63) is 52.4 Å². The largest absolute Gasteiger partial charge is 0.372 e. The molecule has 0 saturated carbocycles. The molecule has 2 aromatic rings. The number of hydrogen-bond acceptors (Lipinski definition) is 4. The molecule has 1 atom stereocenters. The van der Waals surface area contributed by atoms with E-state index in [0.717, 1.165) is 5.56 Å². The Kier molecular flexibility index (Phi) is 5.06. The number of rotatable bonds is 6. The second-order valence-electron chi connectivity index (χ2n) is 4.70. The Morgan fingerprint density at radius 2 is 2.10 bits per heavy atom. The highest BCUT2D eigenvalue weighted by atomic mass is 35.5. The molecule has 0 amide bonds. The molecule has 4 nitrogen and oxygen atoms in total. The Bertz CT molecular complexity index is 701. The summed E-state index contributed by atoms with van der Waals surface area (Å²) in [6, 6.07) is 10.5. The third kappa shape index (κ3) is 3.84. The van der Waals surface area contributed by atoms with Gasteiger partial charge in [0.05, 0.1) is 0 Å². The van der Waals surface area contributed by atoms with E-state index in [1.54, 1.807) is 36.8 Å². The lowest BCUT2D eigenvalue weighted by Gasteiger charge is -2.29. The summed E-state index contributed by atoms with van der Waals surface area (Å²) < 4.78 is 32.7. The van der Waals surface area contributed by atoms with E-state index in [0.29, 0.717) is 5.02 Å². The number of sulfonamides is 1. The molecular formula is C14H16ClNO3S2. The average Bonchev–Trinajstić information content (AvgIpc) is 3.00. The van der Waals surface area contributed by atoms with E-state index < -0.39 is 15.6 Å². The molecule has 0 spiro atoms. The van der Waals surface area contributed by atoms with Crippen LogP contribution in [-0.2, 0) is 20.4 Å². The molecular weight excluding hydrogens is 330 g/mol. The number of hydrogen-bond donors (Lipinski definition) is 1. The molecule has 2 rings (SSSR count). The molecule has 0 aliphatic heterocycles. The van der Waals surface area contributed by atoms with E-state index in [2.05, 4.69) is 4.72 Å². The summed E-state index contributed by atoms with van der Waals surface area (Å²) in [5, 5.41) is 2.30. The van der Waals surface area contributed by atoms with Gasteiger partial charge in [-0.3, -0.25) is 0 Å². The van der Waals surface area contributed by atoms with Gasteiger partial charge in [-0.25, -0.2) is 13.1 Å².